The van der Waals surface area contributed by atoms with Gasteiger partial charge in [0.05, 0.1) is 6.54 Å². The zero-order chi connectivity index (χ0) is 17.4. The number of hydrogen-bond donors (Lipinski definition) is 4. The molecule has 0 radical (unpaired) electrons. The highest BCUT2D eigenvalue weighted by atomic mass is 79.9. The third kappa shape index (κ3) is 7.64. The van der Waals surface area contributed by atoms with E-state index in [1.54, 1.807) is 24.3 Å². The molecule has 0 saturated heterocycles. The number of carbonyl (C=O) groups is 3. The number of nitrogens with one attached hydrogen (secondary N) is 3. The maximum absolute atomic E-state index is 12.0. The van der Waals surface area contributed by atoms with Crippen LogP contribution in [0.1, 0.15) is 20.3 Å². The number of carbonyl (C=O) groups excluding carboxylic acids is 3. The second-order valence-electron chi connectivity index (χ2n) is 5.47. The lowest BCUT2D eigenvalue weighted by atomic mass is 10.0. The second-order valence-corrected chi connectivity index (χ2v) is 6.39. The van der Waals surface area contributed by atoms with Gasteiger partial charge in [0.1, 0.15) is 6.04 Å². The first-order chi connectivity index (χ1) is 10.8. The van der Waals surface area contributed by atoms with Crippen molar-refractivity contribution in [1.82, 2.24) is 10.6 Å². The van der Waals surface area contributed by atoms with Gasteiger partial charge in [-0.05, 0) is 36.6 Å². The van der Waals surface area contributed by atoms with Crippen molar-refractivity contribution in [1.29, 1.82) is 0 Å². The van der Waals surface area contributed by atoms with Crippen molar-refractivity contribution in [3.63, 3.8) is 0 Å². The van der Waals surface area contributed by atoms with E-state index in [1.165, 1.54) is 0 Å². The van der Waals surface area contributed by atoms with E-state index in [1.807, 2.05) is 13.8 Å². The molecule has 1 unspecified atom stereocenters. The van der Waals surface area contributed by atoms with Crippen molar-refractivity contribution in [3.8, 4) is 0 Å². The van der Waals surface area contributed by atoms with Gasteiger partial charge in [-0.15, -0.1) is 0 Å². The first kappa shape index (κ1) is 19.0. The minimum Gasteiger partial charge on any atom is -0.368 e. The van der Waals surface area contributed by atoms with Crippen LogP contribution in [-0.4, -0.2) is 30.4 Å². The number of benzene rings is 1. The lowest BCUT2D eigenvalue weighted by molar-refractivity contribution is -0.126. The molecule has 0 heterocycles. The summed E-state index contributed by atoms with van der Waals surface area (Å²) in [6.45, 7) is 3.61. The van der Waals surface area contributed by atoms with Crippen LogP contribution in [-0.2, 0) is 9.59 Å². The molecule has 0 aliphatic carbocycles. The van der Waals surface area contributed by atoms with Gasteiger partial charge in [-0.1, -0.05) is 29.8 Å². The Morgan fingerprint density at radius 2 is 1.78 bits per heavy atom. The summed E-state index contributed by atoms with van der Waals surface area (Å²) >= 11 is 3.31. The van der Waals surface area contributed by atoms with Gasteiger partial charge >= 0.3 is 6.03 Å². The number of nitrogens with two attached hydrogens (primary N) is 1. The van der Waals surface area contributed by atoms with E-state index >= 15 is 0 Å². The molecule has 0 aliphatic heterocycles. The highest BCUT2D eigenvalue weighted by Crippen LogP contribution is 2.14. The van der Waals surface area contributed by atoms with Crippen molar-refractivity contribution >= 4 is 39.5 Å². The monoisotopic (exact) mass is 384 g/mol. The molecule has 5 N–H and O–H groups in total. The molecule has 0 aromatic heterocycles. The fraction of sp³-hybridized carbons (Fsp3) is 0.400. The number of rotatable bonds is 7. The van der Waals surface area contributed by atoms with Crippen molar-refractivity contribution in [3.05, 3.63) is 28.7 Å². The topological polar surface area (TPSA) is 113 Å². The quantitative estimate of drug-likeness (QED) is 0.572. The molecular weight excluding hydrogens is 364 g/mol. The van der Waals surface area contributed by atoms with Gasteiger partial charge < -0.3 is 21.7 Å². The number of hydrogen-bond acceptors (Lipinski definition) is 3. The van der Waals surface area contributed by atoms with Crippen LogP contribution in [0.3, 0.4) is 0 Å². The Hall–Kier alpha value is -2.09. The predicted octanol–water partition coefficient (Wildman–Crippen LogP) is 1.59. The number of primary amides is 1. The van der Waals surface area contributed by atoms with E-state index in [0.717, 1.165) is 4.47 Å². The molecule has 23 heavy (non-hydrogen) atoms. The Balaban J connectivity index is 2.64. The molecule has 4 amide bonds. The van der Waals surface area contributed by atoms with Crippen LogP contribution in [0.2, 0.25) is 0 Å². The van der Waals surface area contributed by atoms with Gasteiger partial charge in [0.15, 0.2) is 0 Å². The molecule has 126 valence electrons. The summed E-state index contributed by atoms with van der Waals surface area (Å²) in [6, 6.07) is 5.81. The first-order valence-corrected chi connectivity index (χ1v) is 7.96. The van der Waals surface area contributed by atoms with Crippen LogP contribution < -0.4 is 21.7 Å². The number of amides is 4. The average Bonchev–Trinajstić information content (AvgIpc) is 2.46. The van der Waals surface area contributed by atoms with Crippen molar-refractivity contribution in [2.45, 2.75) is 26.3 Å². The van der Waals surface area contributed by atoms with Crippen LogP contribution >= 0.6 is 15.9 Å². The summed E-state index contributed by atoms with van der Waals surface area (Å²) in [4.78, 5) is 34.8. The molecule has 1 rings (SSSR count). The highest BCUT2D eigenvalue weighted by molar-refractivity contribution is 9.10. The summed E-state index contributed by atoms with van der Waals surface area (Å²) in [5, 5.41) is 7.66. The summed E-state index contributed by atoms with van der Waals surface area (Å²) in [5.74, 6) is -0.892. The Morgan fingerprint density at radius 3 is 2.30 bits per heavy atom. The number of urea groups is 1. The Bertz CT molecular complexity index is 560. The molecule has 0 spiro atoms. The third-order valence-corrected chi connectivity index (χ3v) is 3.40. The molecule has 1 aromatic rings. The van der Waals surface area contributed by atoms with Gasteiger partial charge in [0.25, 0.3) is 0 Å². The van der Waals surface area contributed by atoms with E-state index in [-0.39, 0.29) is 12.5 Å². The molecule has 0 saturated carbocycles. The molecule has 1 aromatic carbocycles. The molecule has 8 heteroatoms. The molecular formula is C15H21BrN4O3. The Labute approximate surface area is 143 Å². The van der Waals surface area contributed by atoms with Crippen LogP contribution in [0.5, 0.6) is 0 Å². The Kier molecular flexibility index (Phi) is 7.53. The normalized spacial score (nSPS) is 11.7. The van der Waals surface area contributed by atoms with Gasteiger partial charge in [-0.3, -0.25) is 9.59 Å². The average molecular weight is 385 g/mol. The second kappa shape index (κ2) is 9.14. The van der Waals surface area contributed by atoms with Gasteiger partial charge in [0, 0.05) is 10.2 Å². The van der Waals surface area contributed by atoms with E-state index in [2.05, 4.69) is 31.9 Å². The van der Waals surface area contributed by atoms with Gasteiger partial charge in [-0.25, -0.2) is 4.79 Å². The van der Waals surface area contributed by atoms with Crippen molar-refractivity contribution < 1.29 is 14.4 Å². The zero-order valence-corrected chi connectivity index (χ0v) is 14.6. The van der Waals surface area contributed by atoms with E-state index in [0.29, 0.717) is 12.1 Å². The van der Waals surface area contributed by atoms with Crippen LogP contribution in [0.15, 0.2) is 28.7 Å². The molecule has 1 atom stereocenters. The summed E-state index contributed by atoms with van der Waals surface area (Å²) in [7, 11) is 0. The van der Waals surface area contributed by atoms with Crippen molar-refractivity contribution in [2.24, 2.45) is 11.7 Å². The van der Waals surface area contributed by atoms with Crippen LogP contribution in [0, 0.1) is 5.92 Å². The fourth-order valence-corrected chi connectivity index (χ4v) is 2.12. The summed E-state index contributed by atoms with van der Waals surface area (Å²) in [5.41, 5.74) is 5.60. The van der Waals surface area contributed by atoms with Gasteiger partial charge in [0.2, 0.25) is 11.8 Å². The molecule has 0 aliphatic rings. The van der Waals surface area contributed by atoms with E-state index < -0.39 is 23.9 Å². The SMILES string of the molecule is CC(C)CC(NC(=O)Nc1ccc(Br)cc1)C(=O)NCC(N)=O. The predicted molar refractivity (Wildman–Crippen MR) is 91.7 cm³/mol. The highest BCUT2D eigenvalue weighted by Gasteiger charge is 2.22. The number of halogens is 1. The minimum absolute atomic E-state index is 0.187. The lowest BCUT2D eigenvalue weighted by Crippen LogP contribution is -2.50. The summed E-state index contributed by atoms with van der Waals surface area (Å²) < 4.78 is 0.895. The van der Waals surface area contributed by atoms with E-state index in [4.69, 9.17) is 5.73 Å². The largest absolute Gasteiger partial charge is 0.368 e. The molecule has 0 fully saturated rings. The molecule has 0 bridgehead atoms. The maximum atomic E-state index is 12.0. The van der Waals surface area contributed by atoms with E-state index in [9.17, 15) is 14.4 Å². The summed E-state index contributed by atoms with van der Waals surface area (Å²) in [6.07, 6.45) is 0.443. The smallest absolute Gasteiger partial charge is 0.319 e. The molecule has 7 nitrogen and oxygen atoms in total. The van der Waals surface area contributed by atoms with Crippen molar-refractivity contribution in [2.75, 3.05) is 11.9 Å². The zero-order valence-electron chi connectivity index (χ0n) is 13.1. The number of anilines is 1. The standard InChI is InChI=1S/C15H21BrN4O3/c1-9(2)7-12(14(22)18-8-13(17)21)20-15(23)19-11-5-3-10(16)4-6-11/h3-6,9,12H,7-8H2,1-2H3,(H2,17,21)(H,18,22)(H2,19,20,23). The minimum atomic E-state index is -0.746. The fourth-order valence-electron chi connectivity index (χ4n) is 1.86. The maximum Gasteiger partial charge on any atom is 0.319 e. The van der Waals surface area contributed by atoms with Crippen LogP contribution in [0.4, 0.5) is 10.5 Å². The third-order valence-electron chi connectivity index (χ3n) is 2.87. The first-order valence-electron chi connectivity index (χ1n) is 7.17. The Morgan fingerprint density at radius 1 is 1.17 bits per heavy atom. The van der Waals surface area contributed by atoms with Crippen LogP contribution in [0.25, 0.3) is 0 Å². The van der Waals surface area contributed by atoms with Gasteiger partial charge in [-0.2, -0.15) is 0 Å². The lowest BCUT2D eigenvalue weighted by Gasteiger charge is -2.20.